The van der Waals surface area contributed by atoms with E-state index < -0.39 is 10.9 Å². The molecule has 0 aliphatic carbocycles. The highest BCUT2D eigenvalue weighted by Crippen LogP contribution is 2.33. The summed E-state index contributed by atoms with van der Waals surface area (Å²) in [5.74, 6) is 0. The highest BCUT2D eigenvalue weighted by molar-refractivity contribution is 6.14. The molecule has 4 heterocycles. The number of fused-ring (bicyclic) bond motifs is 8. The number of pyridine rings is 4. The lowest BCUT2D eigenvalue weighted by molar-refractivity contribution is 1.28. The highest BCUT2D eigenvalue weighted by atomic mass is 16.1. The van der Waals surface area contributed by atoms with Gasteiger partial charge >= 0.3 is 0 Å². The van der Waals surface area contributed by atoms with Gasteiger partial charge in [0.1, 0.15) is 0 Å². The van der Waals surface area contributed by atoms with Crippen LogP contribution in [0.3, 0.4) is 0 Å². The molecule has 0 radical (unpaired) electrons. The van der Waals surface area contributed by atoms with Crippen molar-refractivity contribution < 1.29 is 0 Å². The normalized spacial score (nSPS) is 12.0. The van der Waals surface area contributed by atoms with Crippen LogP contribution in [0.15, 0.2) is 104 Å². The van der Waals surface area contributed by atoms with Gasteiger partial charge in [0, 0.05) is 43.1 Å². The van der Waals surface area contributed by atoms with Gasteiger partial charge in [0.15, 0.2) is 27.4 Å². The number of hydrogen-bond donors (Lipinski definition) is 0. The van der Waals surface area contributed by atoms with Crippen molar-refractivity contribution >= 4 is 81.9 Å². The van der Waals surface area contributed by atoms with E-state index in [1.165, 1.54) is 24.3 Å². The van der Waals surface area contributed by atoms with Crippen molar-refractivity contribution in [2.24, 2.45) is 0 Å². The zero-order valence-corrected chi connectivity index (χ0v) is 22.5. The van der Waals surface area contributed by atoms with Gasteiger partial charge < -0.3 is 8.80 Å². The monoisotopic (exact) mass is 566 g/mol. The average molecular weight is 567 g/mol. The van der Waals surface area contributed by atoms with Gasteiger partial charge in [-0.3, -0.25) is 19.2 Å². The first-order valence-electron chi connectivity index (χ1n) is 13.7. The molecule has 8 heteroatoms. The molecule has 8 nitrogen and oxygen atoms in total. The molecule has 202 valence electrons. The second kappa shape index (κ2) is 8.01. The summed E-state index contributed by atoms with van der Waals surface area (Å²) in [6, 6.07) is 25.5. The van der Waals surface area contributed by atoms with Crippen LogP contribution in [0.4, 0.5) is 5.69 Å². The Hall–Kier alpha value is -6.64. The standard InChI is InChI=1S/C36H14N4O4/c1-38-18-12-25-32-26(13-18)36(44)22-14-21-29(15-30(22)40(32)28-9-5-3-7-20(28)34(25)42)39-27-8-4-2-6-19(27)33(41)23-10-17(16-37)11-24(31(23)39)35(21)43/h2-15H. The lowest BCUT2D eigenvalue weighted by Gasteiger charge is -2.18. The van der Waals surface area contributed by atoms with Crippen LogP contribution in [0, 0.1) is 17.9 Å². The van der Waals surface area contributed by atoms with E-state index in [1.54, 1.807) is 48.5 Å². The van der Waals surface area contributed by atoms with E-state index in [-0.39, 0.29) is 54.4 Å². The SMILES string of the molecule is [C-]#[N+]c1cc2c(=O)c3ccccc3n3c4cc5c(cc4c(=O)c(c1)c23)c(=O)c1cc(C#N)cc2c(=O)c3ccccc3n5c21. The van der Waals surface area contributed by atoms with Crippen LogP contribution in [0.1, 0.15) is 5.56 Å². The minimum Gasteiger partial charge on any atom is -0.308 e. The Morgan fingerprint density at radius 3 is 1.41 bits per heavy atom. The Bertz CT molecular complexity index is 2950. The maximum absolute atomic E-state index is 14.2. The van der Waals surface area contributed by atoms with Crippen LogP contribution in [0.25, 0.3) is 81.0 Å². The quantitative estimate of drug-likeness (QED) is 0.130. The molecule has 0 bridgehead atoms. The number of nitriles is 1. The maximum atomic E-state index is 14.2. The first-order chi connectivity index (χ1) is 21.4. The van der Waals surface area contributed by atoms with Gasteiger partial charge in [-0.2, -0.15) is 5.26 Å². The van der Waals surface area contributed by atoms with Crippen molar-refractivity contribution in [2.75, 3.05) is 0 Å². The minimum atomic E-state index is -0.414. The van der Waals surface area contributed by atoms with Crippen molar-refractivity contribution in [3.8, 4) is 6.07 Å². The van der Waals surface area contributed by atoms with Gasteiger partial charge in [0.2, 0.25) is 0 Å². The molecule has 0 amide bonds. The van der Waals surface area contributed by atoms with E-state index in [4.69, 9.17) is 6.57 Å². The molecule has 44 heavy (non-hydrogen) atoms. The van der Waals surface area contributed by atoms with Crippen LogP contribution in [0.5, 0.6) is 0 Å². The fourth-order valence-electron chi connectivity index (χ4n) is 6.91. The molecule has 0 saturated carbocycles. The predicted octanol–water partition coefficient (Wildman–Crippen LogP) is 5.85. The summed E-state index contributed by atoms with van der Waals surface area (Å²) in [4.78, 5) is 59.2. The van der Waals surface area contributed by atoms with Gasteiger partial charge in [-0.15, -0.1) is 0 Å². The molecule has 0 unspecified atom stereocenters. The Kier molecular flexibility index (Phi) is 4.37. The topological polar surface area (TPSA) is 105 Å². The Labute approximate surface area is 244 Å². The van der Waals surface area contributed by atoms with Crippen molar-refractivity contribution in [2.45, 2.75) is 0 Å². The van der Waals surface area contributed by atoms with E-state index in [9.17, 15) is 24.4 Å². The summed E-state index contributed by atoms with van der Waals surface area (Å²) in [6.07, 6.45) is 0. The lowest BCUT2D eigenvalue weighted by Crippen LogP contribution is -2.17. The second-order valence-corrected chi connectivity index (χ2v) is 10.9. The van der Waals surface area contributed by atoms with Gasteiger partial charge in [0.05, 0.1) is 51.3 Å². The van der Waals surface area contributed by atoms with Crippen molar-refractivity contribution in [1.82, 2.24) is 8.80 Å². The molecule has 0 saturated heterocycles. The number of rotatable bonds is 0. The van der Waals surface area contributed by atoms with Crippen LogP contribution in [-0.4, -0.2) is 8.80 Å². The van der Waals surface area contributed by atoms with Crippen LogP contribution in [-0.2, 0) is 0 Å². The zero-order chi connectivity index (χ0) is 30.0. The van der Waals surface area contributed by atoms with Crippen molar-refractivity contribution in [1.29, 1.82) is 5.26 Å². The number of aromatic nitrogens is 2. The fraction of sp³-hybridized carbons (Fsp3) is 0. The minimum absolute atomic E-state index is 0.164. The van der Waals surface area contributed by atoms with Crippen molar-refractivity contribution in [3.05, 3.63) is 143 Å². The summed E-state index contributed by atoms with van der Waals surface area (Å²) in [7, 11) is 0. The van der Waals surface area contributed by atoms with Crippen LogP contribution in [0.2, 0.25) is 0 Å². The molecule has 0 atom stereocenters. The van der Waals surface area contributed by atoms with Crippen LogP contribution < -0.4 is 21.7 Å². The van der Waals surface area contributed by atoms with Crippen molar-refractivity contribution in [3.63, 3.8) is 0 Å². The van der Waals surface area contributed by atoms with Gasteiger partial charge in [-0.05, 0) is 60.7 Å². The van der Waals surface area contributed by atoms with E-state index in [0.29, 0.717) is 43.9 Å². The molecule has 0 aliphatic rings. The third kappa shape index (κ3) is 2.74. The summed E-state index contributed by atoms with van der Waals surface area (Å²) in [5.41, 5.74) is 1.84. The summed E-state index contributed by atoms with van der Waals surface area (Å²) >= 11 is 0. The highest BCUT2D eigenvalue weighted by Gasteiger charge is 2.22. The molecule has 9 rings (SSSR count). The smallest absolute Gasteiger partial charge is 0.197 e. The summed E-state index contributed by atoms with van der Waals surface area (Å²) in [5, 5.41) is 12.0. The number of benzene rings is 5. The molecule has 9 aromatic rings. The lowest BCUT2D eigenvalue weighted by atomic mass is 9.98. The Morgan fingerprint density at radius 2 is 0.955 bits per heavy atom. The first kappa shape index (κ1) is 24.0. The fourth-order valence-corrected chi connectivity index (χ4v) is 6.91. The maximum Gasteiger partial charge on any atom is 0.197 e. The number of para-hydroxylation sites is 2. The molecule has 0 fully saturated rings. The largest absolute Gasteiger partial charge is 0.308 e. The van der Waals surface area contributed by atoms with E-state index in [2.05, 4.69) is 10.9 Å². The summed E-state index contributed by atoms with van der Waals surface area (Å²) in [6.45, 7) is 7.61. The molecule has 4 aromatic heterocycles. The van der Waals surface area contributed by atoms with Gasteiger partial charge in [-0.25, -0.2) is 4.85 Å². The predicted molar refractivity (Wildman–Crippen MR) is 172 cm³/mol. The van der Waals surface area contributed by atoms with E-state index >= 15 is 0 Å². The Balaban J connectivity index is 1.68. The molecule has 0 spiro atoms. The molecule has 5 aromatic carbocycles. The molecule has 0 N–H and O–H groups in total. The molecular weight excluding hydrogens is 552 g/mol. The van der Waals surface area contributed by atoms with Gasteiger partial charge in [0.25, 0.3) is 0 Å². The number of hydrogen-bond acceptors (Lipinski definition) is 5. The molecular formula is C36H14N4O4. The number of nitrogens with zero attached hydrogens (tertiary/aromatic N) is 4. The average Bonchev–Trinajstić information content (AvgIpc) is 3.06. The Morgan fingerprint density at radius 1 is 0.523 bits per heavy atom. The van der Waals surface area contributed by atoms with Crippen LogP contribution >= 0.6 is 0 Å². The van der Waals surface area contributed by atoms with E-state index in [0.717, 1.165) is 0 Å². The van der Waals surface area contributed by atoms with Gasteiger partial charge in [-0.1, -0.05) is 24.3 Å². The first-order valence-corrected chi connectivity index (χ1v) is 13.7. The summed E-state index contributed by atoms with van der Waals surface area (Å²) < 4.78 is 3.70. The third-order valence-corrected chi connectivity index (χ3v) is 8.75. The molecule has 0 aliphatic heterocycles. The third-order valence-electron chi connectivity index (χ3n) is 8.75. The van der Waals surface area contributed by atoms with E-state index in [1.807, 2.05) is 20.9 Å². The second-order valence-electron chi connectivity index (χ2n) is 10.9. The zero-order valence-electron chi connectivity index (χ0n) is 22.5.